The maximum absolute atomic E-state index is 12.8. The van der Waals surface area contributed by atoms with Gasteiger partial charge in [0.2, 0.25) is 5.91 Å². The Morgan fingerprint density at radius 3 is 2.36 bits per heavy atom. The fraction of sp³-hybridized carbons (Fsp3) is 0.167. The van der Waals surface area contributed by atoms with E-state index in [2.05, 4.69) is 29.0 Å². The molecular weight excluding hydrogens is 338 g/mol. The molecule has 0 radical (unpaired) electrons. The van der Waals surface area contributed by atoms with Crippen LogP contribution in [0, 0.1) is 0 Å². The second-order valence-corrected chi connectivity index (χ2v) is 5.87. The number of thiol groups is 1. The van der Waals surface area contributed by atoms with Crippen LogP contribution in [0.5, 0.6) is 0 Å². The lowest BCUT2D eigenvalue weighted by Crippen LogP contribution is -2.67. The van der Waals surface area contributed by atoms with Gasteiger partial charge in [-0.3, -0.25) is 14.4 Å². The van der Waals surface area contributed by atoms with Crippen LogP contribution in [-0.2, 0) is 9.59 Å². The topological polar surface area (TPSA) is 103 Å². The molecule has 6 nitrogen and oxygen atoms in total. The normalized spacial score (nSPS) is 11.5. The molecule has 2 amide bonds. The molecule has 0 aliphatic rings. The fourth-order valence-electron chi connectivity index (χ4n) is 2.18. The van der Waals surface area contributed by atoms with Gasteiger partial charge >= 0.3 is 0 Å². The number of amides is 2. The Bertz CT molecular complexity index is 793. The van der Waals surface area contributed by atoms with Crippen LogP contribution in [0.3, 0.4) is 0 Å². The molecule has 0 aliphatic heterocycles. The number of benzene rings is 2. The van der Waals surface area contributed by atoms with E-state index in [0.29, 0.717) is 28.3 Å². The second kappa shape index (κ2) is 8.46. The van der Waals surface area contributed by atoms with Gasteiger partial charge in [0.25, 0.3) is 5.91 Å². The summed E-state index contributed by atoms with van der Waals surface area (Å²) in [5, 5.41) is 5.35. The molecule has 0 spiro atoms. The third-order valence-corrected chi connectivity index (χ3v) is 3.91. The fourth-order valence-corrected chi connectivity index (χ4v) is 2.35. The maximum atomic E-state index is 12.8. The van der Waals surface area contributed by atoms with E-state index in [1.165, 1.54) is 6.92 Å². The maximum Gasteiger partial charge on any atom is 0.283 e. The quantitative estimate of drug-likeness (QED) is 0.463. The van der Waals surface area contributed by atoms with Crippen LogP contribution in [0.1, 0.15) is 22.8 Å². The molecule has 0 saturated carbocycles. The predicted molar refractivity (Wildman–Crippen MR) is 99.8 cm³/mol. The van der Waals surface area contributed by atoms with Gasteiger partial charge in [-0.15, -0.1) is 0 Å². The van der Waals surface area contributed by atoms with Crippen LogP contribution in [0.2, 0.25) is 0 Å². The number of carbonyl (C=O) groups is 3. The zero-order valence-electron chi connectivity index (χ0n) is 13.8. The van der Waals surface area contributed by atoms with Crippen molar-refractivity contribution >= 4 is 41.6 Å². The highest BCUT2D eigenvalue weighted by molar-refractivity contribution is 7.80. The Labute approximate surface area is 151 Å². The molecule has 0 unspecified atom stereocenters. The molecule has 25 heavy (non-hydrogen) atoms. The van der Waals surface area contributed by atoms with E-state index >= 15 is 0 Å². The average Bonchev–Trinajstić information content (AvgIpc) is 2.61. The van der Waals surface area contributed by atoms with Crippen LogP contribution in [0.4, 0.5) is 11.4 Å². The third-order valence-electron chi connectivity index (χ3n) is 3.47. The molecule has 0 aromatic heterocycles. The van der Waals surface area contributed by atoms with E-state index in [1.54, 1.807) is 42.5 Å². The van der Waals surface area contributed by atoms with E-state index in [-0.39, 0.29) is 17.6 Å². The summed E-state index contributed by atoms with van der Waals surface area (Å²) in [7, 11) is 0. The SMILES string of the molecule is CC(=O)Nc1ccc(NC(=O)[C@@H]([NH3+])CS)cc1C(=O)c1ccccc1. The smallest absolute Gasteiger partial charge is 0.283 e. The molecule has 5 N–H and O–H groups in total. The van der Waals surface area contributed by atoms with Crippen molar-refractivity contribution in [2.24, 2.45) is 0 Å². The Morgan fingerprint density at radius 2 is 1.76 bits per heavy atom. The Hall–Kier alpha value is -2.64. The van der Waals surface area contributed by atoms with Gasteiger partial charge in [0.15, 0.2) is 11.8 Å². The third kappa shape index (κ3) is 4.91. The van der Waals surface area contributed by atoms with Crippen molar-refractivity contribution in [3.8, 4) is 0 Å². The first-order chi connectivity index (χ1) is 11.9. The van der Waals surface area contributed by atoms with Crippen molar-refractivity contribution in [3.63, 3.8) is 0 Å². The van der Waals surface area contributed by atoms with E-state index in [4.69, 9.17) is 0 Å². The second-order valence-electron chi connectivity index (χ2n) is 5.51. The minimum absolute atomic E-state index is 0.249. The van der Waals surface area contributed by atoms with Crippen molar-refractivity contribution in [1.29, 1.82) is 0 Å². The number of nitrogens with one attached hydrogen (secondary N) is 2. The van der Waals surface area contributed by atoms with Crippen molar-refractivity contribution < 1.29 is 20.1 Å². The number of rotatable bonds is 6. The molecule has 0 fully saturated rings. The number of hydrogen-bond donors (Lipinski definition) is 4. The molecule has 7 heteroatoms. The molecule has 2 rings (SSSR count). The first-order valence-corrected chi connectivity index (χ1v) is 8.31. The lowest BCUT2D eigenvalue weighted by atomic mass is 10.0. The summed E-state index contributed by atoms with van der Waals surface area (Å²) >= 11 is 4.05. The first-order valence-electron chi connectivity index (χ1n) is 7.68. The Balaban J connectivity index is 2.39. The molecule has 130 valence electrons. The van der Waals surface area contributed by atoms with E-state index in [0.717, 1.165) is 0 Å². The van der Waals surface area contributed by atoms with Gasteiger partial charge < -0.3 is 16.4 Å². The average molecular weight is 358 g/mol. The number of carbonyl (C=O) groups excluding carboxylic acids is 3. The lowest BCUT2D eigenvalue weighted by Gasteiger charge is -2.13. The highest BCUT2D eigenvalue weighted by atomic mass is 32.1. The minimum atomic E-state index is -0.508. The number of anilines is 2. The molecule has 0 heterocycles. The van der Waals surface area contributed by atoms with Crippen LogP contribution >= 0.6 is 12.6 Å². The minimum Gasteiger partial charge on any atom is -0.347 e. The molecular formula is C18H20N3O3S+. The molecule has 2 aromatic rings. The van der Waals surface area contributed by atoms with Crippen molar-refractivity contribution in [3.05, 3.63) is 59.7 Å². The Morgan fingerprint density at radius 1 is 1.08 bits per heavy atom. The lowest BCUT2D eigenvalue weighted by molar-refractivity contribution is -0.395. The molecule has 0 bridgehead atoms. The standard InChI is InChI=1S/C18H19N3O3S/c1-11(22)20-16-8-7-13(21-18(24)15(19)10-25)9-14(16)17(23)12-5-3-2-4-6-12/h2-9,15,25H,10,19H2,1H3,(H,20,22)(H,21,24)/p+1/t15-/m0/s1. The molecule has 0 aliphatic carbocycles. The van der Waals surface area contributed by atoms with Crippen LogP contribution in [0.15, 0.2) is 48.5 Å². The highest BCUT2D eigenvalue weighted by Gasteiger charge is 2.18. The van der Waals surface area contributed by atoms with Gasteiger partial charge in [-0.1, -0.05) is 30.3 Å². The zero-order valence-corrected chi connectivity index (χ0v) is 14.7. The van der Waals surface area contributed by atoms with Crippen LogP contribution < -0.4 is 16.4 Å². The van der Waals surface area contributed by atoms with Gasteiger partial charge in [-0.2, -0.15) is 12.6 Å². The van der Waals surface area contributed by atoms with Gasteiger partial charge in [0.05, 0.1) is 11.4 Å². The summed E-state index contributed by atoms with van der Waals surface area (Å²) in [5.74, 6) is -0.515. The summed E-state index contributed by atoms with van der Waals surface area (Å²) in [6.45, 7) is 1.37. The summed E-state index contributed by atoms with van der Waals surface area (Å²) < 4.78 is 0. The summed E-state index contributed by atoms with van der Waals surface area (Å²) in [6.07, 6.45) is 0. The van der Waals surface area contributed by atoms with Crippen LogP contribution in [-0.4, -0.2) is 29.4 Å². The van der Waals surface area contributed by atoms with Crippen molar-refractivity contribution in [2.45, 2.75) is 13.0 Å². The predicted octanol–water partition coefficient (Wildman–Crippen LogP) is 1.35. The van der Waals surface area contributed by atoms with Gasteiger partial charge in [0, 0.05) is 23.7 Å². The van der Waals surface area contributed by atoms with Gasteiger partial charge in [-0.05, 0) is 18.2 Å². The van der Waals surface area contributed by atoms with Crippen molar-refractivity contribution in [2.75, 3.05) is 16.4 Å². The first kappa shape index (κ1) is 18.7. The highest BCUT2D eigenvalue weighted by Crippen LogP contribution is 2.24. The van der Waals surface area contributed by atoms with E-state index < -0.39 is 6.04 Å². The molecule has 1 atom stereocenters. The molecule has 0 saturated heterocycles. The van der Waals surface area contributed by atoms with Gasteiger partial charge in [-0.25, -0.2) is 0 Å². The largest absolute Gasteiger partial charge is 0.347 e. The molecule has 2 aromatic carbocycles. The van der Waals surface area contributed by atoms with Crippen LogP contribution in [0.25, 0.3) is 0 Å². The summed E-state index contributed by atoms with van der Waals surface area (Å²) in [6, 6.07) is 13.0. The van der Waals surface area contributed by atoms with E-state index in [9.17, 15) is 14.4 Å². The number of hydrogen-bond acceptors (Lipinski definition) is 4. The Kier molecular flexibility index (Phi) is 6.32. The number of quaternary nitrogens is 1. The van der Waals surface area contributed by atoms with Gasteiger partial charge in [0.1, 0.15) is 0 Å². The zero-order chi connectivity index (χ0) is 18.4. The number of ketones is 1. The summed E-state index contributed by atoms with van der Waals surface area (Å²) in [5.41, 5.74) is 5.33. The van der Waals surface area contributed by atoms with E-state index in [1.807, 2.05) is 6.07 Å². The summed E-state index contributed by atoms with van der Waals surface area (Å²) in [4.78, 5) is 36.2. The monoisotopic (exact) mass is 358 g/mol. The van der Waals surface area contributed by atoms with Crippen molar-refractivity contribution in [1.82, 2.24) is 0 Å².